The van der Waals surface area contributed by atoms with Crippen LogP contribution in [-0.4, -0.2) is 47.3 Å². The predicted octanol–water partition coefficient (Wildman–Crippen LogP) is 0.654. The average molecular weight is 254 g/mol. The second kappa shape index (κ2) is 4.95. The number of ether oxygens (including phenoxy) is 2. The standard InChI is InChI=1S/C12H18N2O4/c1-16-6-7(15)4-11-13-12(14-18-11)9-5-8-2-3-10(9)17-8/h7-10,15H,2-6H2,1H3. The number of hydrogen-bond acceptors (Lipinski definition) is 6. The van der Waals surface area contributed by atoms with Crippen LogP contribution in [0.2, 0.25) is 0 Å². The van der Waals surface area contributed by atoms with Crippen LogP contribution < -0.4 is 0 Å². The van der Waals surface area contributed by atoms with Gasteiger partial charge in [0.1, 0.15) is 0 Å². The number of aromatic nitrogens is 2. The van der Waals surface area contributed by atoms with Gasteiger partial charge < -0.3 is 19.1 Å². The maximum atomic E-state index is 9.60. The van der Waals surface area contributed by atoms with Gasteiger partial charge in [0.05, 0.1) is 37.3 Å². The van der Waals surface area contributed by atoms with Gasteiger partial charge in [-0.3, -0.25) is 0 Å². The molecule has 1 aromatic rings. The summed E-state index contributed by atoms with van der Waals surface area (Å²) in [5.41, 5.74) is 0. The van der Waals surface area contributed by atoms with Gasteiger partial charge in [0, 0.05) is 7.11 Å². The summed E-state index contributed by atoms with van der Waals surface area (Å²) in [5.74, 6) is 1.46. The van der Waals surface area contributed by atoms with E-state index in [-0.39, 0.29) is 18.6 Å². The molecule has 1 N–H and O–H groups in total. The number of rotatable bonds is 5. The van der Waals surface area contributed by atoms with Crippen LogP contribution in [0.5, 0.6) is 0 Å². The van der Waals surface area contributed by atoms with Crippen LogP contribution in [0.3, 0.4) is 0 Å². The van der Waals surface area contributed by atoms with Crippen LogP contribution >= 0.6 is 0 Å². The first-order valence-electron chi connectivity index (χ1n) is 6.41. The third-order valence-corrected chi connectivity index (χ3v) is 3.69. The molecule has 1 aromatic heterocycles. The summed E-state index contributed by atoms with van der Waals surface area (Å²) >= 11 is 0. The Hall–Kier alpha value is -0.980. The topological polar surface area (TPSA) is 77.6 Å². The van der Waals surface area contributed by atoms with Crippen molar-refractivity contribution in [2.45, 2.75) is 49.9 Å². The molecule has 6 heteroatoms. The second-order valence-corrected chi connectivity index (χ2v) is 5.08. The van der Waals surface area contributed by atoms with Crippen molar-refractivity contribution < 1.29 is 19.1 Å². The molecule has 6 nitrogen and oxygen atoms in total. The molecule has 0 aliphatic carbocycles. The lowest BCUT2D eigenvalue weighted by Gasteiger charge is -2.13. The van der Waals surface area contributed by atoms with E-state index in [1.54, 1.807) is 7.11 Å². The van der Waals surface area contributed by atoms with Gasteiger partial charge in [-0.05, 0) is 19.3 Å². The Balaban J connectivity index is 1.63. The zero-order valence-electron chi connectivity index (χ0n) is 10.4. The van der Waals surface area contributed by atoms with E-state index in [1.165, 1.54) is 0 Å². The Kier molecular flexibility index (Phi) is 3.32. The van der Waals surface area contributed by atoms with E-state index in [0.29, 0.717) is 18.4 Å². The Bertz CT molecular complexity index is 409. The molecule has 3 rings (SSSR count). The van der Waals surface area contributed by atoms with Crippen molar-refractivity contribution >= 4 is 0 Å². The predicted molar refractivity (Wildman–Crippen MR) is 61.1 cm³/mol. The number of aliphatic hydroxyl groups is 1. The number of fused-ring (bicyclic) bond motifs is 2. The molecule has 2 aliphatic heterocycles. The molecule has 100 valence electrons. The van der Waals surface area contributed by atoms with Gasteiger partial charge in [-0.1, -0.05) is 5.16 Å². The van der Waals surface area contributed by atoms with Gasteiger partial charge >= 0.3 is 0 Å². The molecule has 0 saturated carbocycles. The molecule has 2 bridgehead atoms. The minimum atomic E-state index is -0.598. The van der Waals surface area contributed by atoms with Crippen LogP contribution in [0.25, 0.3) is 0 Å². The quantitative estimate of drug-likeness (QED) is 0.831. The van der Waals surface area contributed by atoms with Crippen LogP contribution in [0.4, 0.5) is 0 Å². The highest BCUT2D eigenvalue weighted by atomic mass is 16.5. The summed E-state index contributed by atoms with van der Waals surface area (Å²) < 4.78 is 15.8. The zero-order chi connectivity index (χ0) is 12.5. The summed E-state index contributed by atoms with van der Waals surface area (Å²) in [6.07, 6.45) is 3.60. The van der Waals surface area contributed by atoms with Crippen LogP contribution in [-0.2, 0) is 15.9 Å². The number of methoxy groups -OCH3 is 1. The molecule has 0 spiro atoms. The molecule has 3 heterocycles. The van der Waals surface area contributed by atoms with E-state index in [1.807, 2.05) is 0 Å². The lowest BCUT2D eigenvalue weighted by Crippen LogP contribution is -2.18. The highest BCUT2D eigenvalue weighted by molar-refractivity contribution is 5.07. The van der Waals surface area contributed by atoms with Crippen molar-refractivity contribution in [1.29, 1.82) is 0 Å². The van der Waals surface area contributed by atoms with Crippen LogP contribution in [0.1, 0.15) is 36.9 Å². The number of aliphatic hydroxyl groups excluding tert-OH is 1. The Morgan fingerprint density at radius 1 is 1.50 bits per heavy atom. The van der Waals surface area contributed by atoms with Gasteiger partial charge in [-0.2, -0.15) is 4.98 Å². The first-order chi connectivity index (χ1) is 8.76. The lowest BCUT2D eigenvalue weighted by molar-refractivity contribution is 0.0599. The number of hydrogen-bond donors (Lipinski definition) is 1. The maximum Gasteiger partial charge on any atom is 0.229 e. The number of nitrogens with zero attached hydrogens (tertiary/aromatic N) is 2. The summed E-state index contributed by atoms with van der Waals surface area (Å²) in [7, 11) is 1.55. The van der Waals surface area contributed by atoms with Crippen LogP contribution in [0, 0.1) is 0 Å². The Morgan fingerprint density at radius 3 is 3.06 bits per heavy atom. The third-order valence-electron chi connectivity index (χ3n) is 3.69. The van der Waals surface area contributed by atoms with Crippen molar-refractivity contribution in [3.63, 3.8) is 0 Å². The van der Waals surface area contributed by atoms with Gasteiger partial charge in [-0.15, -0.1) is 0 Å². The molecule has 0 amide bonds. The molecular formula is C12H18N2O4. The van der Waals surface area contributed by atoms with Gasteiger partial charge in [-0.25, -0.2) is 0 Å². The second-order valence-electron chi connectivity index (χ2n) is 5.08. The fourth-order valence-electron chi connectivity index (χ4n) is 2.86. The third kappa shape index (κ3) is 2.28. The van der Waals surface area contributed by atoms with Gasteiger partial charge in [0.25, 0.3) is 0 Å². The van der Waals surface area contributed by atoms with E-state index in [2.05, 4.69) is 10.1 Å². The lowest BCUT2D eigenvalue weighted by atomic mass is 9.89. The molecule has 0 radical (unpaired) electrons. The highest BCUT2D eigenvalue weighted by Crippen LogP contribution is 2.43. The molecule has 2 fully saturated rings. The van der Waals surface area contributed by atoms with E-state index in [0.717, 1.165) is 25.1 Å². The molecular weight excluding hydrogens is 236 g/mol. The van der Waals surface area contributed by atoms with E-state index >= 15 is 0 Å². The van der Waals surface area contributed by atoms with Crippen molar-refractivity contribution in [1.82, 2.24) is 10.1 Å². The SMILES string of the molecule is COCC(O)Cc1nc(C2CC3CCC2O3)no1. The zero-order valence-corrected chi connectivity index (χ0v) is 10.4. The van der Waals surface area contributed by atoms with E-state index < -0.39 is 6.10 Å². The molecule has 2 aliphatic rings. The minimum absolute atomic E-state index is 0.254. The maximum absolute atomic E-state index is 9.60. The van der Waals surface area contributed by atoms with Crippen molar-refractivity contribution in [3.05, 3.63) is 11.7 Å². The van der Waals surface area contributed by atoms with Gasteiger partial charge in [0.2, 0.25) is 5.89 Å². The molecule has 18 heavy (non-hydrogen) atoms. The summed E-state index contributed by atoms with van der Waals surface area (Å²) in [4.78, 5) is 4.36. The fraction of sp³-hybridized carbons (Fsp3) is 0.833. The first kappa shape index (κ1) is 12.1. The van der Waals surface area contributed by atoms with E-state index in [4.69, 9.17) is 14.0 Å². The molecule has 4 atom stereocenters. The normalized spacial score (nSPS) is 32.0. The average Bonchev–Trinajstić information content (AvgIpc) is 3.03. The van der Waals surface area contributed by atoms with Gasteiger partial charge in [0.15, 0.2) is 5.82 Å². The molecule has 2 saturated heterocycles. The Labute approximate surface area is 105 Å². The van der Waals surface area contributed by atoms with Crippen molar-refractivity contribution in [2.75, 3.05) is 13.7 Å². The monoisotopic (exact) mass is 254 g/mol. The van der Waals surface area contributed by atoms with E-state index in [9.17, 15) is 5.11 Å². The van der Waals surface area contributed by atoms with Crippen molar-refractivity contribution in [3.8, 4) is 0 Å². The molecule has 4 unspecified atom stereocenters. The summed E-state index contributed by atoms with van der Waals surface area (Å²) in [5, 5.41) is 13.6. The molecule has 0 aromatic carbocycles. The highest BCUT2D eigenvalue weighted by Gasteiger charge is 2.43. The Morgan fingerprint density at radius 2 is 2.39 bits per heavy atom. The fourth-order valence-corrected chi connectivity index (χ4v) is 2.86. The largest absolute Gasteiger partial charge is 0.390 e. The summed E-state index contributed by atoms with van der Waals surface area (Å²) in [6.45, 7) is 0.273. The smallest absolute Gasteiger partial charge is 0.229 e. The van der Waals surface area contributed by atoms with Crippen molar-refractivity contribution in [2.24, 2.45) is 0 Å². The van der Waals surface area contributed by atoms with Crippen LogP contribution in [0.15, 0.2) is 4.52 Å². The first-order valence-corrected chi connectivity index (χ1v) is 6.41. The summed E-state index contributed by atoms with van der Waals surface area (Å²) in [6, 6.07) is 0. The minimum Gasteiger partial charge on any atom is -0.390 e.